The van der Waals surface area contributed by atoms with Gasteiger partial charge in [-0.15, -0.1) is 0 Å². The molecule has 92 valence electrons. The Morgan fingerprint density at radius 3 is 2.59 bits per heavy atom. The summed E-state index contributed by atoms with van der Waals surface area (Å²) in [5.74, 6) is -0.432. The number of benzene rings is 1. The number of hydrogen-bond acceptors (Lipinski definition) is 2. The third-order valence-electron chi connectivity index (χ3n) is 2.24. The fourth-order valence-electron chi connectivity index (χ4n) is 1.14. The molecule has 17 heavy (non-hydrogen) atoms. The molecule has 1 aromatic carbocycles. The van der Waals surface area contributed by atoms with E-state index < -0.39 is 0 Å². The first-order valence-electron chi connectivity index (χ1n) is 5.17. The number of carbonyl (C=O) groups excluding carboxylic acids is 2. The van der Waals surface area contributed by atoms with E-state index in [1.165, 1.54) is 0 Å². The van der Waals surface area contributed by atoms with Gasteiger partial charge in [-0.05, 0) is 18.2 Å². The molecular weight excluding hydrogens is 305 g/mol. The Hall–Kier alpha value is -0.870. The van der Waals surface area contributed by atoms with Gasteiger partial charge < -0.3 is 5.32 Å². The van der Waals surface area contributed by atoms with Gasteiger partial charge >= 0.3 is 0 Å². The molecule has 5 heteroatoms. The lowest BCUT2D eigenvalue weighted by atomic mass is 10.1. The zero-order valence-corrected chi connectivity index (χ0v) is 11.9. The molecule has 0 saturated carbocycles. The molecule has 0 aliphatic rings. The largest absolute Gasteiger partial charge is 0.345 e. The van der Waals surface area contributed by atoms with Crippen LogP contribution in [0.2, 0.25) is 5.02 Å². The van der Waals surface area contributed by atoms with Gasteiger partial charge in [0, 0.05) is 10.4 Å². The van der Waals surface area contributed by atoms with Crippen LogP contribution in [-0.4, -0.2) is 18.2 Å². The standard InChI is InChI=1S/C12H13BrClNO2/c1-7(2)11(16)6-15-12(17)9-4-3-8(13)5-10(9)14/h3-5,7H,6H2,1-2H3,(H,15,17). The van der Waals surface area contributed by atoms with Crippen LogP contribution in [0.5, 0.6) is 0 Å². The lowest BCUT2D eigenvalue weighted by molar-refractivity contribution is -0.120. The molecule has 0 spiro atoms. The second-order valence-electron chi connectivity index (χ2n) is 3.93. The second-order valence-corrected chi connectivity index (χ2v) is 5.25. The Kier molecular flexibility index (Phi) is 5.15. The predicted octanol–water partition coefficient (Wildman–Crippen LogP) is 3.06. The SMILES string of the molecule is CC(C)C(=O)CNC(=O)c1ccc(Br)cc1Cl. The molecule has 0 radical (unpaired) electrons. The van der Waals surface area contributed by atoms with Crippen molar-refractivity contribution in [3.63, 3.8) is 0 Å². The molecule has 0 saturated heterocycles. The van der Waals surface area contributed by atoms with E-state index in [-0.39, 0.29) is 24.2 Å². The summed E-state index contributed by atoms with van der Waals surface area (Å²) in [5.41, 5.74) is 0.367. The van der Waals surface area contributed by atoms with E-state index >= 15 is 0 Å². The first-order chi connectivity index (χ1) is 7.91. The molecule has 0 bridgehead atoms. The maximum atomic E-state index is 11.7. The van der Waals surface area contributed by atoms with Crippen molar-refractivity contribution in [1.82, 2.24) is 5.32 Å². The smallest absolute Gasteiger partial charge is 0.253 e. The number of carbonyl (C=O) groups is 2. The van der Waals surface area contributed by atoms with Gasteiger partial charge in [0.05, 0.1) is 17.1 Å². The van der Waals surface area contributed by atoms with Crippen LogP contribution in [0.3, 0.4) is 0 Å². The lowest BCUT2D eigenvalue weighted by Gasteiger charge is -2.08. The quantitative estimate of drug-likeness (QED) is 0.927. The highest BCUT2D eigenvalue weighted by Gasteiger charge is 2.13. The monoisotopic (exact) mass is 317 g/mol. The third kappa shape index (κ3) is 4.13. The predicted molar refractivity (Wildman–Crippen MR) is 71.3 cm³/mol. The van der Waals surface area contributed by atoms with Gasteiger partial charge in [-0.2, -0.15) is 0 Å². The van der Waals surface area contributed by atoms with E-state index in [1.54, 1.807) is 32.0 Å². The number of Topliss-reactive ketones (excluding diaryl/α,β-unsaturated/α-hetero) is 1. The molecule has 0 aliphatic heterocycles. The fraction of sp³-hybridized carbons (Fsp3) is 0.333. The number of amides is 1. The molecule has 1 N–H and O–H groups in total. The van der Waals surface area contributed by atoms with Crippen molar-refractivity contribution in [3.8, 4) is 0 Å². The van der Waals surface area contributed by atoms with Crippen LogP contribution in [0.1, 0.15) is 24.2 Å². The lowest BCUT2D eigenvalue weighted by Crippen LogP contribution is -2.31. The number of halogens is 2. The molecule has 0 fully saturated rings. The van der Waals surface area contributed by atoms with Crippen molar-refractivity contribution >= 4 is 39.2 Å². The van der Waals surface area contributed by atoms with Gasteiger partial charge in [-0.1, -0.05) is 41.4 Å². The summed E-state index contributed by atoms with van der Waals surface area (Å²) < 4.78 is 0.803. The number of hydrogen-bond donors (Lipinski definition) is 1. The van der Waals surface area contributed by atoms with Gasteiger partial charge in [-0.3, -0.25) is 9.59 Å². The zero-order valence-electron chi connectivity index (χ0n) is 9.59. The molecular formula is C12H13BrClNO2. The summed E-state index contributed by atoms with van der Waals surface area (Å²) in [6.07, 6.45) is 0. The highest BCUT2D eigenvalue weighted by atomic mass is 79.9. The number of ketones is 1. The third-order valence-corrected chi connectivity index (χ3v) is 3.05. The molecule has 1 amide bonds. The topological polar surface area (TPSA) is 46.2 Å². The normalized spacial score (nSPS) is 10.4. The Labute approximate surface area is 114 Å². The van der Waals surface area contributed by atoms with Crippen LogP contribution < -0.4 is 5.32 Å². The van der Waals surface area contributed by atoms with Crippen LogP contribution in [-0.2, 0) is 4.79 Å². The van der Waals surface area contributed by atoms with E-state index in [1.807, 2.05) is 0 Å². The number of rotatable bonds is 4. The van der Waals surface area contributed by atoms with Crippen molar-refractivity contribution in [1.29, 1.82) is 0 Å². The number of nitrogens with one attached hydrogen (secondary N) is 1. The molecule has 0 aliphatic carbocycles. The van der Waals surface area contributed by atoms with E-state index in [0.29, 0.717) is 10.6 Å². The van der Waals surface area contributed by atoms with Crippen molar-refractivity contribution in [2.45, 2.75) is 13.8 Å². The minimum atomic E-state index is -0.337. The minimum Gasteiger partial charge on any atom is -0.345 e. The summed E-state index contributed by atoms with van der Waals surface area (Å²) in [6, 6.07) is 4.98. The van der Waals surface area contributed by atoms with Crippen LogP contribution >= 0.6 is 27.5 Å². The maximum absolute atomic E-state index is 11.7. The Morgan fingerprint density at radius 1 is 1.41 bits per heavy atom. The molecule has 1 aromatic rings. The molecule has 1 rings (SSSR count). The van der Waals surface area contributed by atoms with Crippen molar-refractivity contribution in [2.24, 2.45) is 5.92 Å². The van der Waals surface area contributed by atoms with Gasteiger partial charge in [-0.25, -0.2) is 0 Å². The highest BCUT2D eigenvalue weighted by Crippen LogP contribution is 2.21. The molecule has 0 heterocycles. The molecule has 0 aromatic heterocycles. The molecule has 3 nitrogen and oxygen atoms in total. The van der Waals surface area contributed by atoms with Crippen LogP contribution in [0.25, 0.3) is 0 Å². The summed E-state index contributed by atoms with van der Waals surface area (Å²) in [7, 11) is 0. The van der Waals surface area contributed by atoms with Crippen molar-refractivity contribution in [3.05, 3.63) is 33.3 Å². The van der Waals surface area contributed by atoms with Gasteiger partial charge in [0.25, 0.3) is 5.91 Å². The summed E-state index contributed by atoms with van der Waals surface area (Å²) in [6.45, 7) is 3.62. The first-order valence-corrected chi connectivity index (χ1v) is 6.35. The Balaban J connectivity index is 2.68. The second kappa shape index (κ2) is 6.17. The average molecular weight is 319 g/mol. The summed E-state index contributed by atoms with van der Waals surface area (Å²) >= 11 is 9.18. The van der Waals surface area contributed by atoms with E-state index in [2.05, 4.69) is 21.2 Å². The van der Waals surface area contributed by atoms with Crippen LogP contribution in [0.15, 0.2) is 22.7 Å². The van der Waals surface area contributed by atoms with E-state index in [4.69, 9.17) is 11.6 Å². The highest BCUT2D eigenvalue weighted by molar-refractivity contribution is 9.10. The van der Waals surface area contributed by atoms with Crippen LogP contribution in [0.4, 0.5) is 0 Å². The minimum absolute atomic E-state index is 0.00779. The van der Waals surface area contributed by atoms with Gasteiger partial charge in [0.2, 0.25) is 0 Å². The fourth-order valence-corrected chi connectivity index (χ4v) is 1.90. The summed E-state index contributed by atoms with van der Waals surface area (Å²) in [4.78, 5) is 23.1. The average Bonchev–Trinajstić information content (AvgIpc) is 2.25. The molecule has 0 unspecified atom stereocenters. The van der Waals surface area contributed by atoms with Gasteiger partial charge in [0.1, 0.15) is 0 Å². The van der Waals surface area contributed by atoms with Crippen molar-refractivity contribution in [2.75, 3.05) is 6.54 Å². The first kappa shape index (κ1) is 14.2. The summed E-state index contributed by atoms with van der Waals surface area (Å²) in [5, 5.41) is 2.91. The Bertz CT molecular complexity index is 446. The Morgan fingerprint density at radius 2 is 2.06 bits per heavy atom. The van der Waals surface area contributed by atoms with Crippen molar-refractivity contribution < 1.29 is 9.59 Å². The van der Waals surface area contributed by atoms with Gasteiger partial charge in [0.15, 0.2) is 5.78 Å². The molecule has 0 atom stereocenters. The van der Waals surface area contributed by atoms with E-state index in [9.17, 15) is 9.59 Å². The zero-order chi connectivity index (χ0) is 13.0. The van der Waals surface area contributed by atoms with Crippen LogP contribution in [0, 0.1) is 5.92 Å². The van der Waals surface area contributed by atoms with E-state index in [0.717, 1.165) is 4.47 Å². The maximum Gasteiger partial charge on any atom is 0.253 e.